The number of amides is 1. The first kappa shape index (κ1) is 24.1. The van der Waals surface area contributed by atoms with E-state index < -0.39 is 29.3 Å². The van der Waals surface area contributed by atoms with E-state index in [1.165, 1.54) is 19.3 Å². The van der Waals surface area contributed by atoms with Crippen molar-refractivity contribution < 1.29 is 27.1 Å². The maximum absolute atomic E-state index is 14.4. The molecule has 0 spiro atoms. The van der Waals surface area contributed by atoms with E-state index in [-0.39, 0.29) is 29.6 Å². The third-order valence-electron chi connectivity index (χ3n) is 4.65. The number of hydrogen-bond acceptors (Lipinski definition) is 4. The zero-order chi connectivity index (χ0) is 23.8. The molecule has 0 atom stereocenters. The molecular weight excluding hydrogens is 452 g/mol. The van der Waals surface area contributed by atoms with Crippen LogP contribution < -0.4 is 10.2 Å². The Bertz CT molecular complexity index is 1150. The van der Waals surface area contributed by atoms with Crippen molar-refractivity contribution in [3.8, 4) is 0 Å². The highest BCUT2D eigenvalue weighted by Crippen LogP contribution is 2.36. The summed E-state index contributed by atoms with van der Waals surface area (Å²) in [7, 11) is 1.42. The van der Waals surface area contributed by atoms with Crippen LogP contribution in [0.4, 0.5) is 28.0 Å². The van der Waals surface area contributed by atoms with Crippen molar-refractivity contribution in [3.63, 3.8) is 0 Å². The third kappa shape index (κ3) is 5.24. The van der Waals surface area contributed by atoms with Gasteiger partial charge in [0, 0.05) is 43.0 Å². The molecule has 0 bridgehead atoms. The number of rotatable bonds is 1. The summed E-state index contributed by atoms with van der Waals surface area (Å²) in [6.07, 6.45) is 0.710. The van der Waals surface area contributed by atoms with Crippen LogP contribution in [0.15, 0.2) is 18.3 Å². The second-order valence-corrected chi connectivity index (χ2v) is 8.87. The molecule has 1 amide bonds. The van der Waals surface area contributed by atoms with Crippen LogP contribution >= 0.6 is 11.6 Å². The quantitative estimate of drug-likeness (QED) is 0.448. The number of carbonyl (C=O) groups excluding carboxylic acids is 1. The Balaban J connectivity index is 0.000000352. The number of H-pyrrole nitrogens is 1. The normalized spacial score (nSPS) is 15.5. The van der Waals surface area contributed by atoms with E-state index in [1.54, 1.807) is 20.8 Å². The van der Waals surface area contributed by atoms with Crippen LogP contribution in [0.25, 0.3) is 21.9 Å². The zero-order valence-corrected chi connectivity index (χ0v) is 18.7. The van der Waals surface area contributed by atoms with Crippen LogP contribution in [0.2, 0.25) is 5.02 Å². The van der Waals surface area contributed by atoms with E-state index in [4.69, 9.17) is 16.3 Å². The molecule has 1 aliphatic heterocycles. The van der Waals surface area contributed by atoms with Crippen LogP contribution in [0.3, 0.4) is 0 Å². The summed E-state index contributed by atoms with van der Waals surface area (Å²) in [4.78, 5) is 20.4. The van der Waals surface area contributed by atoms with E-state index in [0.29, 0.717) is 22.6 Å². The lowest BCUT2D eigenvalue weighted by atomic mass is 10.1. The lowest BCUT2D eigenvalue weighted by Gasteiger charge is -2.25. The van der Waals surface area contributed by atoms with Crippen LogP contribution in [0.1, 0.15) is 27.2 Å². The zero-order valence-electron chi connectivity index (χ0n) is 18.0. The van der Waals surface area contributed by atoms with Crippen LogP contribution in [-0.2, 0) is 4.74 Å². The molecule has 6 nitrogen and oxygen atoms in total. The highest BCUT2D eigenvalue weighted by molar-refractivity contribution is 6.31. The van der Waals surface area contributed by atoms with Gasteiger partial charge in [0.2, 0.25) is 0 Å². The molecule has 1 aromatic carbocycles. The molecule has 2 N–H and O–H groups in total. The van der Waals surface area contributed by atoms with Crippen LogP contribution in [0.5, 0.6) is 0 Å². The Kier molecular flexibility index (Phi) is 6.57. The molecule has 0 radical (unpaired) electrons. The maximum atomic E-state index is 14.4. The standard InChI is InChI=1S/C17H16ClF2N3O2.C4H7F2N/c1-17(2,3)25-16(24)23(4)11-6-10(19)13(20)12-9-5-8(18)7-21-15(9)22-14(11)12;5-4(6)1-2-7-3-4/h5-7H,1-4H3,(H,21,22);7H,1-3H2. The molecule has 4 rings (SSSR count). The number of pyridine rings is 1. The Morgan fingerprint density at radius 1 is 1.28 bits per heavy atom. The van der Waals surface area contributed by atoms with E-state index in [1.807, 2.05) is 0 Å². The fourth-order valence-electron chi connectivity index (χ4n) is 3.16. The number of alkyl halides is 2. The van der Waals surface area contributed by atoms with Gasteiger partial charge in [0.1, 0.15) is 11.2 Å². The maximum Gasteiger partial charge on any atom is 0.414 e. The minimum absolute atomic E-state index is 0.00694. The van der Waals surface area contributed by atoms with Gasteiger partial charge in [0.05, 0.1) is 22.8 Å². The van der Waals surface area contributed by atoms with Crippen molar-refractivity contribution in [2.24, 2.45) is 0 Å². The molecular formula is C21H23ClF4N4O2. The molecule has 3 aromatic rings. The van der Waals surface area contributed by atoms with Gasteiger partial charge in [-0.15, -0.1) is 0 Å². The van der Waals surface area contributed by atoms with Gasteiger partial charge < -0.3 is 15.0 Å². The summed E-state index contributed by atoms with van der Waals surface area (Å²) in [5.41, 5.74) is -0.0181. The number of anilines is 1. The number of aromatic amines is 1. The molecule has 0 saturated carbocycles. The number of ether oxygens (including phenoxy) is 1. The van der Waals surface area contributed by atoms with Gasteiger partial charge in [-0.3, -0.25) is 4.90 Å². The first-order valence-electron chi connectivity index (χ1n) is 9.79. The highest BCUT2D eigenvalue weighted by Gasteiger charge is 2.32. The first-order valence-corrected chi connectivity index (χ1v) is 10.2. The number of halogens is 5. The minimum Gasteiger partial charge on any atom is -0.443 e. The largest absolute Gasteiger partial charge is 0.443 e. The SMILES string of the molecule is CN(C(=O)OC(C)(C)C)c1cc(F)c(F)c2c1[nH]c1ncc(Cl)cc12.FC1(F)CCNC1. The highest BCUT2D eigenvalue weighted by atomic mass is 35.5. The number of hydrogen-bond donors (Lipinski definition) is 2. The number of nitrogens with one attached hydrogen (secondary N) is 2. The second-order valence-electron chi connectivity index (χ2n) is 8.44. The van der Waals surface area contributed by atoms with Gasteiger partial charge in [-0.05, 0) is 26.8 Å². The van der Waals surface area contributed by atoms with Crippen molar-refractivity contribution in [1.82, 2.24) is 15.3 Å². The fraction of sp³-hybridized carbons (Fsp3) is 0.429. The summed E-state index contributed by atoms with van der Waals surface area (Å²) >= 11 is 5.92. The summed E-state index contributed by atoms with van der Waals surface area (Å²) in [5, 5.41) is 3.17. The van der Waals surface area contributed by atoms with Crippen molar-refractivity contribution in [2.75, 3.05) is 25.0 Å². The predicted molar refractivity (Wildman–Crippen MR) is 116 cm³/mol. The topological polar surface area (TPSA) is 70.2 Å². The Morgan fingerprint density at radius 3 is 2.50 bits per heavy atom. The van der Waals surface area contributed by atoms with Gasteiger partial charge in [-0.2, -0.15) is 0 Å². The summed E-state index contributed by atoms with van der Waals surface area (Å²) < 4.78 is 57.6. The Hall–Kier alpha value is -2.59. The van der Waals surface area contributed by atoms with Crippen molar-refractivity contribution in [3.05, 3.63) is 35.0 Å². The molecule has 2 aromatic heterocycles. The molecule has 1 saturated heterocycles. The molecule has 3 heterocycles. The predicted octanol–water partition coefficient (Wildman–Crippen LogP) is 5.63. The van der Waals surface area contributed by atoms with Crippen molar-refractivity contribution in [1.29, 1.82) is 0 Å². The average Bonchev–Trinajstić information content (AvgIpc) is 3.25. The second kappa shape index (κ2) is 8.74. The first-order chi connectivity index (χ1) is 14.8. The van der Waals surface area contributed by atoms with Gasteiger partial charge in [-0.25, -0.2) is 27.3 Å². The lowest BCUT2D eigenvalue weighted by molar-refractivity contribution is 0.0237. The number of fused-ring (bicyclic) bond motifs is 3. The molecule has 0 unspecified atom stereocenters. The molecule has 11 heteroatoms. The Labute approximate surface area is 186 Å². The lowest BCUT2D eigenvalue weighted by Crippen LogP contribution is -2.34. The number of carbonyl (C=O) groups is 1. The van der Waals surface area contributed by atoms with Gasteiger partial charge in [0.25, 0.3) is 5.92 Å². The summed E-state index contributed by atoms with van der Waals surface area (Å²) in [6, 6.07) is 2.43. The molecule has 1 aliphatic rings. The molecule has 174 valence electrons. The number of aromatic nitrogens is 2. The van der Waals surface area contributed by atoms with Gasteiger partial charge >= 0.3 is 6.09 Å². The van der Waals surface area contributed by atoms with Crippen LogP contribution in [-0.4, -0.2) is 47.7 Å². The monoisotopic (exact) mass is 474 g/mol. The van der Waals surface area contributed by atoms with Crippen molar-refractivity contribution in [2.45, 2.75) is 38.7 Å². The molecule has 0 aliphatic carbocycles. The van der Waals surface area contributed by atoms with E-state index >= 15 is 0 Å². The fourth-order valence-corrected chi connectivity index (χ4v) is 3.32. The van der Waals surface area contributed by atoms with Crippen LogP contribution in [0, 0.1) is 11.6 Å². The summed E-state index contributed by atoms with van der Waals surface area (Å²) in [6.45, 7) is 5.48. The van der Waals surface area contributed by atoms with E-state index in [9.17, 15) is 22.4 Å². The van der Waals surface area contributed by atoms with Crippen molar-refractivity contribution >= 4 is 45.3 Å². The number of nitrogens with zero attached hydrogens (tertiary/aromatic N) is 2. The minimum atomic E-state index is -2.42. The van der Waals surface area contributed by atoms with E-state index in [2.05, 4.69) is 15.3 Å². The Morgan fingerprint density at radius 2 is 1.97 bits per heavy atom. The molecule has 32 heavy (non-hydrogen) atoms. The van der Waals surface area contributed by atoms with E-state index in [0.717, 1.165) is 11.0 Å². The smallest absolute Gasteiger partial charge is 0.414 e. The average molecular weight is 475 g/mol. The number of benzene rings is 1. The third-order valence-corrected chi connectivity index (χ3v) is 4.85. The molecule has 1 fully saturated rings. The van der Waals surface area contributed by atoms with Gasteiger partial charge in [0.15, 0.2) is 11.6 Å². The van der Waals surface area contributed by atoms with Gasteiger partial charge in [-0.1, -0.05) is 11.6 Å². The summed E-state index contributed by atoms with van der Waals surface area (Å²) in [5.74, 6) is -4.54.